The second kappa shape index (κ2) is 4.31. The van der Waals surface area contributed by atoms with Gasteiger partial charge in [0.2, 0.25) is 0 Å². The normalized spacial score (nSPS) is 28.0. The zero-order chi connectivity index (χ0) is 10.8. The zero-order valence-corrected chi connectivity index (χ0v) is 9.59. The highest BCUT2D eigenvalue weighted by atomic mass is 16.3. The Morgan fingerprint density at radius 3 is 2.86 bits per heavy atom. The zero-order valence-electron chi connectivity index (χ0n) is 9.59. The summed E-state index contributed by atoms with van der Waals surface area (Å²) in [6.45, 7) is 10.3. The van der Waals surface area contributed by atoms with Gasteiger partial charge in [0.1, 0.15) is 0 Å². The van der Waals surface area contributed by atoms with Crippen molar-refractivity contribution in [3.63, 3.8) is 0 Å². The molecule has 0 bridgehead atoms. The van der Waals surface area contributed by atoms with E-state index in [-0.39, 0.29) is 11.5 Å². The lowest BCUT2D eigenvalue weighted by molar-refractivity contribution is 0.0488. The Kier molecular flexibility index (Phi) is 3.54. The van der Waals surface area contributed by atoms with E-state index >= 15 is 0 Å². The monoisotopic (exact) mass is 194 g/mol. The van der Waals surface area contributed by atoms with Crippen LogP contribution >= 0.6 is 0 Å². The fourth-order valence-corrected chi connectivity index (χ4v) is 2.70. The quantitative estimate of drug-likeness (QED) is 0.683. The van der Waals surface area contributed by atoms with Gasteiger partial charge in [0, 0.05) is 5.92 Å². The van der Waals surface area contributed by atoms with E-state index in [2.05, 4.69) is 33.4 Å². The summed E-state index contributed by atoms with van der Waals surface area (Å²) in [5.41, 5.74) is 1.57. The summed E-state index contributed by atoms with van der Waals surface area (Å²) in [6, 6.07) is 0. The Hall–Kier alpha value is -0.560. The van der Waals surface area contributed by atoms with E-state index in [9.17, 15) is 5.11 Å². The van der Waals surface area contributed by atoms with Gasteiger partial charge in [-0.05, 0) is 31.6 Å². The summed E-state index contributed by atoms with van der Waals surface area (Å²) in [5, 5.41) is 10.1. The van der Waals surface area contributed by atoms with Crippen molar-refractivity contribution >= 4 is 0 Å². The van der Waals surface area contributed by atoms with Gasteiger partial charge in [-0.2, -0.15) is 0 Å². The van der Waals surface area contributed by atoms with E-state index in [1.807, 2.05) is 6.08 Å². The maximum atomic E-state index is 10.1. The molecule has 1 aliphatic rings. The number of allylic oxidation sites excluding steroid dienone is 1. The highest BCUT2D eigenvalue weighted by molar-refractivity contribution is 5.14. The van der Waals surface area contributed by atoms with Crippen LogP contribution in [0.3, 0.4) is 0 Å². The van der Waals surface area contributed by atoms with Crippen molar-refractivity contribution in [3.05, 3.63) is 24.3 Å². The molecule has 0 aromatic rings. The number of aliphatic hydroxyl groups is 1. The van der Waals surface area contributed by atoms with E-state index in [1.54, 1.807) is 0 Å². The first-order valence-electron chi connectivity index (χ1n) is 5.44. The van der Waals surface area contributed by atoms with E-state index in [4.69, 9.17) is 0 Å². The number of hydrogen-bond donors (Lipinski definition) is 1. The van der Waals surface area contributed by atoms with Crippen LogP contribution < -0.4 is 0 Å². The molecule has 1 heteroatoms. The van der Waals surface area contributed by atoms with Crippen LogP contribution in [0.1, 0.15) is 40.0 Å². The summed E-state index contributed by atoms with van der Waals surface area (Å²) in [6.07, 6.45) is 6.82. The van der Waals surface area contributed by atoms with Crippen LogP contribution in [0.2, 0.25) is 0 Å². The molecule has 0 saturated carbocycles. The third-order valence-corrected chi connectivity index (χ3v) is 3.38. The van der Waals surface area contributed by atoms with Crippen molar-refractivity contribution in [1.82, 2.24) is 0 Å². The Bertz CT molecular complexity index is 238. The summed E-state index contributed by atoms with van der Waals surface area (Å²) >= 11 is 0. The first kappa shape index (κ1) is 11.5. The van der Waals surface area contributed by atoms with Crippen LogP contribution in [-0.2, 0) is 0 Å². The van der Waals surface area contributed by atoms with Crippen LogP contribution in [0.5, 0.6) is 0 Å². The van der Waals surface area contributed by atoms with Gasteiger partial charge in [0.05, 0.1) is 6.10 Å². The third kappa shape index (κ3) is 2.27. The average molecular weight is 194 g/mol. The van der Waals surface area contributed by atoms with Crippen molar-refractivity contribution in [2.45, 2.75) is 46.1 Å². The highest BCUT2D eigenvalue weighted by Crippen LogP contribution is 2.43. The molecule has 14 heavy (non-hydrogen) atoms. The lowest BCUT2D eigenvalue weighted by Crippen LogP contribution is -2.36. The highest BCUT2D eigenvalue weighted by Gasteiger charge is 2.36. The van der Waals surface area contributed by atoms with Gasteiger partial charge in [-0.3, -0.25) is 0 Å². The molecule has 0 amide bonds. The van der Waals surface area contributed by atoms with Crippen molar-refractivity contribution in [1.29, 1.82) is 0 Å². The topological polar surface area (TPSA) is 20.2 Å². The minimum absolute atomic E-state index is 0.223. The fourth-order valence-electron chi connectivity index (χ4n) is 2.70. The van der Waals surface area contributed by atoms with Crippen molar-refractivity contribution in [2.75, 3.05) is 0 Å². The minimum atomic E-state index is -0.265. The molecule has 1 rings (SSSR count). The lowest BCUT2D eigenvalue weighted by atomic mass is 9.66. The lowest BCUT2D eigenvalue weighted by Gasteiger charge is -2.41. The van der Waals surface area contributed by atoms with E-state index < -0.39 is 0 Å². The summed E-state index contributed by atoms with van der Waals surface area (Å²) in [4.78, 5) is 0. The van der Waals surface area contributed by atoms with Crippen LogP contribution in [0.4, 0.5) is 0 Å². The first-order valence-corrected chi connectivity index (χ1v) is 5.44. The summed E-state index contributed by atoms with van der Waals surface area (Å²) in [5.74, 6) is 0.300. The molecule has 80 valence electrons. The van der Waals surface area contributed by atoms with Crippen LogP contribution in [0.25, 0.3) is 0 Å². The molecular formula is C13H22O. The molecule has 0 heterocycles. The smallest absolute Gasteiger partial charge is 0.0644 e. The van der Waals surface area contributed by atoms with Gasteiger partial charge in [-0.25, -0.2) is 0 Å². The Morgan fingerprint density at radius 1 is 1.71 bits per heavy atom. The largest absolute Gasteiger partial charge is 0.392 e. The molecule has 2 atom stereocenters. The SMILES string of the molecule is C=CCC(O)C1C(C)=CCCC1(C)C. The maximum Gasteiger partial charge on any atom is 0.0644 e. The van der Waals surface area contributed by atoms with Crippen LogP contribution in [-0.4, -0.2) is 11.2 Å². The molecule has 0 aromatic carbocycles. The van der Waals surface area contributed by atoms with Crippen molar-refractivity contribution in [2.24, 2.45) is 11.3 Å². The van der Waals surface area contributed by atoms with E-state index in [0.29, 0.717) is 12.3 Å². The molecule has 0 fully saturated rings. The maximum absolute atomic E-state index is 10.1. The van der Waals surface area contributed by atoms with Gasteiger partial charge in [-0.1, -0.05) is 31.6 Å². The second-order valence-electron chi connectivity index (χ2n) is 5.04. The van der Waals surface area contributed by atoms with E-state index in [1.165, 1.54) is 12.0 Å². The van der Waals surface area contributed by atoms with Gasteiger partial charge in [0.25, 0.3) is 0 Å². The Morgan fingerprint density at radius 2 is 2.36 bits per heavy atom. The molecule has 1 aliphatic carbocycles. The van der Waals surface area contributed by atoms with E-state index in [0.717, 1.165) is 6.42 Å². The fraction of sp³-hybridized carbons (Fsp3) is 0.692. The second-order valence-corrected chi connectivity index (χ2v) is 5.04. The van der Waals surface area contributed by atoms with Gasteiger partial charge in [0.15, 0.2) is 0 Å². The summed E-state index contributed by atoms with van der Waals surface area (Å²) in [7, 11) is 0. The molecule has 0 radical (unpaired) electrons. The Labute approximate surface area is 87.5 Å². The van der Waals surface area contributed by atoms with Gasteiger partial charge >= 0.3 is 0 Å². The third-order valence-electron chi connectivity index (χ3n) is 3.38. The molecule has 1 N–H and O–H groups in total. The molecular weight excluding hydrogens is 172 g/mol. The molecule has 1 nitrogen and oxygen atoms in total. The number of hydrogen-bond acceptors (Lipinski definition) is 1. The van der Waals surface area contributed by atoms with Crippen molar-refractivity contribution in [3.8, 4) is 0 Å². The molecule has 2 unspecified atom stereocenters. The molecule has 0 saturated heterocycles. The number of aliphatic hydroxyl groups excluding tert-OH is 1. The van der Waals surface area contributed by atoms with Gasteiger partial charge < -0.3 is 5.11 Å². The van der Waals surface area contributed by atoms with Crippen molar-refractivity contribution < 1.29 is 5.11 Å². The van der Waals surface area contributed by atoms with Crippen LogP contribution in [0, 0.1) is 11.3 Å². The van der Waals surface area contributed by atoms with Gasteiger partial charge in [-0.15, -0.1) is 6.58 Å². The molecule has 0 spiro atoms. The van der Waals surface area contributed by atoms with Crippen LogP contribution in [0.15, 0.2) is 24.3 Å². The molecule has 0 aliphatic heterocycles. The predicted octanol–water partition coefficient (Wildman–Crippen LogP) is 3.31. The summed E-state index contributed by atoms with van der Waals surface area (Å²) < 4.78 is 0. The first-order chi connectivity index (χ1) is 6.49. The average Bonchev–Trinajstić information content (AvgIpc) is 2.02. The molecule has 0 aromatic heterocycles. The Balaban J connectivity index is 2.85. The predicted molar refractivity (Wildman–Crippen MR) is 61.1 cm³/mol. The minimum Gasteiger partial charge on any atom is -0.392 e. The standard InChI is InChI=1S/C13H22O/c1-5-7-11(14)12-10(2)8-6-9-13(12,3)4/h5,8,11-12,14H,1,6-7,9H2,2-4H3. The number of rotatable bonds is 3.